The molecule has 2 saturated heterocycles. The molecule has 0 N–H and O–H groups in total. The van der Waals surface area contributed by atoms with Gasteiger partial charge in [-0.15, -0.1) is 0 Å². The van der Waals surface area contributed by atoms with Crippen molar-refractivity contribution in [3.8, 4) is 0 Å². The minimum Gasteiger partial charge on any atom is -0.339 e. The maximum atomic E-state index is 13.7. The van der Waals surface area contributed by atoms with Crippen LogP contribution in [0.3, 0.4) is 0 Å². The van der Waals surface area contributed by atoms with E-state index in [1.165, 1.54) is 12.5 Å². The zero-order valence-electron chi connectivity index (χ0n) is 15.7. The second-order valence-corrected chi connectivity index (χ2v) is 7.46. The van der Waals surface area contributed by atoms with E-state index in [1.54, 1.807) is 24.0 Å². The molecule has 3 rings (SSSR count). The fourth-order valence-electron chi connectivity index (χ4n) is 3.77. The molecule has 2 heterocycles. The second kappa shape index (κ2) is 8.16. The summed E-state index contributed by atoms with van der Waals surface area (Å²) in [6, 6.07) is 4.95. The van der Waals surface area contributed by atoms with Gasteiger partial charge in [-0.05, 0) is 50.8 Å². The molecular weight excluding hydrogens is 333 g/mol. The van der Waals surface area contributed by atoms with E-state index in [1.807, 2.05) is 4.90 Å². The second-order valence-electron chi connectivity index (χ2n) is 7.46. The lowest BCUT2D eigenvalue weighted by Gasteiger charge is -2.38. The monoisotopic (exact) mass is 361 g/mol. The van der Waals surface area contributed by atoms with Crippen molar-refractivity contribution in [2.75, 3.05) is 39.3 Å². The number of amides is 2. The third-order valence-electron chi connectivity index (χ3n) is 5.56. The first kappa shape index (κ1) is 18.8. The molecule has 2 amide bonds. The number of piperidine rings is 1. The molecule has 2 fully saturated rings. The topological polar surface area (TPSA) is 43.9 Å². The van der Waals surface area contributed by atoms with Gasteiger partial charge < -0.3 is 9.80 Å². The van der Waals surface area contributed by atoms with Crippen molar-refractivity contribution < 1.29 is 14.0 Å². The summed E-state index contributed by atoms with van der Waals surface area (Å²) in [4.78, 5) is 30.9. The van der Waals surface area contributed by atoms with Crippen LogP contribution in [0, 0.1) is 12.7 Å². The number of hydrogen-bond donors (Lipinski definition) is 0. The third-order valence-corrected chi connectivity index (χ3v) is 5.56. The van der Waals surface area contributed by atoms with Crippen LogP contribution in [0.2, 0.25) is 0 Å². The van der Waals surface area contributed by atoms with Crippen molar-refractivity contribution in [1.29, 1.82) is 0 Å². The number of carbonyl (C=O) groups is 2. The molecule has 142 valence electrons. The number of piperazine rings is 1. The summed E-state index contributed by atoms with van der Waals surface area (Å²) in [5.74, 6) is -0.298. The predicted octanol–water partition coefficient (Wildman–Crippen LogP) is 2.29. The molecule has 1 aromatic carbocycles. The van der Waals surface area contributed by atoms with Crippen LogP contribution >= 0.6 is 0 Å². The quantitative estimate of drug-likeness (QED) is 0.830. The number of carbonyl (C=O) groups excluding carboxylic acids is 2. The van der Waals surface area contributed by atoms with Crippen molar-refractivity contribution in [2.45, 2.75) is 39.2 Å². The Bertz CT molecular complexity index is 671. The zero-order chi connectivity index (χ0) is 18.7. The number of rotatable bonds is 3. The van der Waals surface area contributed by atoms with E-state index in [9.17, 15) is 14.0 Å². The van der Waals surface area contributed by atoms with E-state index < -0.39 is 0 Å². The molecule has 5 nitrogen and oxygen atoms in total. The Morgan fingerprint density at radius 3 is 2.50 bits per heavy atom. The van der Waals surface area contributed by atoms with Gasteiger partial charge >= 0.3 is 0 Å². The lowest BCUT2D eigenvalue weighted by atomic mass is 10.0. The van der Waals surface area contributed by atoms with Crippen molar-refractivity contribution in [2.24, 2.45) is 0 Å². The van der Waals surface area contributed by atoms with E-state index in [2.05, 4.69) is 11.8 Å². The molecule has 0 aromatic heterocycles. The molecule has 0 spiro atoms. The number of benzene rings is 1. The molecule has 6 heteroatoms. The Hall–Kier alpha value is -1.95. The Balaban J connectivity index is 1.51. The van der Waals surface area contributed by atoms with Gasteiger partial charge in [-0.1, -0.05) is 6.07 Å². The van der Waals surface area contributed by atoms with Crippen LogP contribution in [0.25, 0.3) is 0 Å². The number of hydrogen-bond acceptors (Lipinski definition) is 3. The van der Waals surface area contributed by atoms with Gasteiger partial charge in [-0.3, -0.25) is 14.5 Å². The summed E-state index contributed by atoms with van der Waals surface area (Å²) in [6.45, 7) is 7.57. The van der Waals surface area contributed by atoms with Gasteiger partial charge in [0.05, 0.1) is 6.54 Å². The van der Waals surface area contributed by atoms with Crippen molar-refractivity contribution in [3.05, 3.63) is 35.1 Å². The minimum atomic E-state index is -0.351. The molecule has 1 aromatic rings. The van der Waals surface area contributed by atoms with Crippen LogP contribution in [0.5, 0.6) is 0 Å². The van der Waals surface area contributed by atoms with Gasteiger partial charge in [0.1, 0.15) is 5.82 Å². The maximum absolute atomic E-state index is 13.7. The molecule has 2 aliphatic heterocycles. The Morgan fingerprint density at radius 1 is 1.12 bits per heavy atom. The highest BCUT2D eigenvalue weighted by atomic mass is 19.1. The summed E-state index contributed by atoms with van der Waals surface area (Å²) in [5.41, 5.74) is 0.927. The molecular formula is C20H28FN3O2. The van der Waals surface area contributed by atoms with Gasteiger partial charge in [0.2, 0.25) is 5.91 Å². The number of likely N-dealkylation sites (tertiary alicyclic amines) is 1. The fourth-order valence-corrected chi connectivity index (χ4v) is 3.77. The van der Waals surface area contributed by atoms with Gasteiger partial charge in [0.25, 0.3) is 5.91 Å². The van der Waals surface area contributed by atoms with Crippen LogP contribution < -0.4 is 0 Å². The largest absolute Gasteiger partial charge is 0.339 e. The normalized spacial score (nSPS) is 21.7. The smallest absolute Gasteiger partial charge is 0.254 e. The molecule has 0 saturated carbocycles. The van der Waals surface area contributed by atoms with Crippen LogP contribution in [0.15, 0.2) is 18.2 Å². The standard InChI is InChI=1S/C20H28FN3O2/c1-15-6-7-17(13-18(15)21)20(26)23-11-9-22(10-12-23)14-19(25)24-8-4-3-5-16(24)2/h6-7,13,16H,3-5,8-12,14H2,1-2H3. The molecule has 0 aliphatic carbocycles. The van der Waals surface area contributed by atoms with E-state index in [0.29, 0.717) is 49.9 Å². The molecule has 0 bridgehead atoms. The average Bonchev–Trinajstić information content (AvgIpc) is 2.64. The van der Waals surface area contributed by atoms with Gasteiger partial charge in [0, 0.05) is 44.3 Å². The third kappa shape index (κ3) is 4.23. The summed E-state index contributed by atoms with van der Waals surface area (Å²) in [5, 5.41) is 0. The molecule has 2 aliphatic rings. The zero-order valence-corrected chi connectivity index (χ0v) is 15.7. The number of aryl methyl sites for hydroxylation is 1. The van der Waals surface area contributed by atoms with Crippen LogP contribution in [-0.2, 0) is 4.79 Å². The van der Waals surface area contributed by atoms with Crippen molar-refractivity contribution in [3.63, 3.8) is 0 Å². The summed E-state index contributed by atoms with van der Waals surface area (Å²) < 4.78 is 13.7. The Kier molecular flexibility index (Phi) is 5.91. The first-order valence-electron chi connectivity index (χ1n) is 9.53. The van der Waals surface area contributed by atoms with E-state index in [0.717, 1.165) is 19.4 Å². The van der Waals surface area contributed by atoms with Crippen LogP contribution in [0.4, 0.5) is 4.39 Å². The molecule has 1 unspecified atom stereocenters. The van der Waals surface area contributed by atoms with Gasteiger partial charge in [0.15, 0.2) is 0 Å². The first-order chi connectivity index (χ1) is 12.5. The lowest BCUT2D eigenvalue weighted by molar-refractivity contribution is -0.136. The Labute approximate surface area is 154 Å². The van der Waals surface area contributed by atoms with Crippen LogP contribution in [0.1, 0.15) is 42.1 Å². The summed E-state index contributed by atoms with van der Waals surface area (Å²) >= 11 is 0. The highest BCUT2D eigenvalue weighted by Gasteiger charge is 2.27. The fraction of sp³-hybridized carbons (Fsp3) is 0.600. The van der Waals surface area contributed by atoms with Gasteiger partial charge in [-0.2, -0.15) is 0 Å². The van der Waals surface area contributed by atoms with Crippen molar-refractivity contribution in [1.82, 2.24) is 14.7 Å². The van der Waals surface area contributed by atoms with Crippen molar-refractivity contribution >= 4 is 11.8 Å². The van der Waals surface area contributed by atoms with E-state index in [-0.39, 0.29) is 17.6 Å². The minimum absolute atomic E-state index is 0.139. The highest BCUT2D eigenvalue weighted by molar-refractivity contribution is 5.94. The number of halogens is 1. The maximum Gasteiger partial charge on any atom is 0.254 e. The first-order valence-corrected chi connectivity index (χ1v) is 9.53. The highest BCUT2D eigenvalue weighted by Crippen LogP contribution is 2.17. The molecule has 1 atom stereocenters. The molecule has 0 radical (unpaired) electrons. The SMILES string of the molecule is Cc1ccc(C(=O)N2CCN(CC(=O)N3CCCCC3C)CC2)cc1F. The van der Waals surface area contributed by atoms with Crippen LogP contribution in [-0.4, -0.2) is 71.8 Å². The van der Waals surface area contributed by atoms with Gasteiger partial charge in [-0.25, -0.2) is 4.39 Å². The average molecular weight is 361 g/mol. The molecule has 26 heavy (non-hydrogen) atoms. The van der Waals surface area contributed by atoms with E-state index in [4.69, 9.17) is 0 Å². The lowest BCUT2D eigenvalue weighted by Crippen LogP contribution is -2.53. The Morgan fingerprint density at radius 2 is 1.85 bits per heavy atom. The summed E-state index contributed by atoms with van der Waals surface area (Å²) in [6.07, 6.45) is 3.37. The summed E-state index contributed by atoms with van der Waals surface area (Å²) in [7, 11) is 0. The predicted molar refractivity (Wildman–Crippen MR) is 98.5 cm³/mol. The van der Waals surface area contributed by atoms with E-state index >= 15 is 0 Å². The number of nitrogens with zero attached hydrogens (tertiary/aromatic N) is 3.